The van der Waals surface area contributed by atoms with Crippen molar-refractivity contribution in [2.24, 2.45) is 21.8 Å². The van der Waals surface area contributed by atoms with Crippen LogP contribution >= 0.6 is 46.2 Å². The molecule has 2 aromatic carbocycles. The number of nitrogens with zero attached hydrogens (tertiary/aromatic N) is 6. The minimum Gasteiger partial charge on any atom is -0.481 e. The fraction of sp³-hybridized carbons (Fsp3) is 0.333. The Balaban J connectivity index is 0.000000151. The van der Waals surface area contributed by atoms with E-state index in [1.165, 1.54) is 32.0 Å². The molecule has 0 spiro atoms. The van der Waals surface area contributed by atoms with Gasteiger partial charge in [-0.15, -0.1) is 46.2 Å². The van der Waals surface area contributed by atoms with E-state index in [0.717, 1.165) is 103 Å². The van der Waals surface area contributed by atoms with Gasteiger partial charge in [-0.05, 0) is 116 Å². The second-order valence-electron chi connectivity index (χ2n) is 14.5. The summed E-state index contributed by atoms with van der Waals surface area (Å²) in [5, 5.41) is 18.6. The van der Waals surface area contributed by atoms with Crippen LogP contribution in [-0.4, -0.2) is 68.5 Å². The summed E-state index contributed by atoms with van der Waals surface area (Å²) in [4.78, 5) is 57.0. The third-order valence-electron chi connectivity index (χ3n) is 11.1. The Kier molecular flexibility index (Phi) is 10.9. The third-order valence-corrected chi connectivity index (χ3v) is 15.0. The number of ether oxygens (including phenoxy) is 1. The zero-order chi connectivity index (χ0) is 39.9. The van der Waals surface area contributed by atoms with Gasteiger partial charge in [0, 0.05) is 32.0 Å². The van der Waals surface area contributed by atoms with Gasteiger partial charge in [0.15, 0.2) is 0 Å². The summed E-state index contributed by atoms with van der Waals surface area (Å²) < 4.78 is 5.25. The van der Waals surface area contributed by atoms with Gasteiger partial charge in [0.05, 0.1) is 53.7 Å². The van der Waals surface area contributed by atoms with E-state index < -0.39 is 5.97 Å². The van der Waals surface area contributed by atoms with Crippen molar-refractivity contribution >= 4 is 114 Å². The molecule has 16 heteroatoms. The summed E-state index contributed by atoms with van der Waals surface area (Å²) in [6.07, 6.45) is 15.5. The first-order valence-corrected chi connectivity index (χ1v) is 23.2. The molecule has 2 aliphatic carbocycles. The van der Waals surface area contributed by atoms with Crippen LogP contribution in [0.1, 0.15) is 62.9 Å². The van der Waals surface area contributed by atoms with Gasteiger partial charge in [0.2, 0.25) is 0 Å². The van der Waals surface area contributed by atoms with Crippen LogP contribution in [0.3, 0.4) is 0 Å². The van der Waals surface area contributed by atoms with E-state index in [0.29, 0.717) is 19.4 Å². The molecule has 0 saturated carbocycles. The van der Waals surface area contributed by atoms with Gasteiger partial charge in [0.1, 0.15) is 34.0 Å². The number of fused-ring (bicyclic) bond motifs is 8. The number of aryl methyl sites for hydroxylation is 2. The molecule has 6 aromatic rings. The Morgan fingerprint density at radius 3 is 1.74 bits per heavy atom. The normalized spacial score (nSPS) is 17.3. The van der Waals surface area contributed by atoms with Gasteiger partial charge < -0.3 is 20.5 Å². The highest BCUT2D eigenvalue weighted by Crippen LogP contribution is 2.43. The molecule has 2 aliphatic heterocycles. The largest absolute Gasteiger partial charge is 0.481 e. The number of carbonyl (C=O) groups excluding carboxylic acids is 1. The van der Waals surface area contributed by atoms with Crippen molar-refractivity contribution in [2.75, 3.05) is 29.8 Å². The van der Waals surface area contributed by atoms with Crippen LogP contribution in [0.15, 0.2) is 56.7 Å². The molecule has 6 heterocycles. The smallest absolute Gasteiger partial charge is 0.309 e. The zero-order valence-electron chi connectivity index (χ0n) is 32.1. The quantitative estimate of drug-likeness (QED) is 0.0936. The lowest BCUT2D eigenvalue weighted by Crippen LogP contribution is -2.23. The fourth-order valence-electron chi connectivity index (χ4n) is 8.15. The van der Waals surface area contributed by atoms with E-state index in [1.807, 2.05) is 19.4 Å². The second-order valence-corrected chi connectivity index (χ2v) is 18.3. The molecule has 0 bridgehead atoms. The van der Waals surface area contributed by atoms with Crippen LogP contribution in [0.4, 0.5) is 23.0 Å². The van der Waals surface area contributed by atoms with Crippen LogP contribution in [0.25, 0.3) is 20.4 Å². The average molecular weight is 849 g/mol. The third kappa shape index (κ3) is 7.35. The molecule has 3 N–H and O–H groups in total. The maximum Gasteiger partial charge on any atom is 0.309 e. The first kappa shape index (κ1) is 38.6. The summed E-state index contributed by atoms with van der Waals surface area (Å²) >= 11 is 6.67. The average Bonchev–Trinajstić information content (AvgIpc) is 4.04. The Labute approximate surface area is 351 Å². The lowest BCUT2D eigenvalue weighted by atomic mass is 9.88. The molecular weight excluding hydrogens is 809 g/mol. The predicted octanol–water partition coefficient (Wildman–Crippen LogP) is 9.04. The minimum atomic E-state index is -0.711. The molecule has 0 unspecified atom stereocenters. The van der Waals surface area contributed by atoms with E-state index in [2.05, 4.69) is 77.3 Å². The number of aromatic nitrogens is 4. The number of esters is 1. The molecule has 0 radical (unpaired) electrons. The van der Waals surface area contributed by atoms with Crippen molar-refractivity contribution < 1.29 is 19.4 Å². The van der Waals surface area contributed by atoms with Crippen molar-refractivity contribution in [3.8, 4) is 0 Å². The van der Waals surface area contributed by atoms with E-state index in [-0.39, 0.29) is 17.8 Å². The number of thiophene rings is 2. The number of hydrogen-bond acceptors (Lipinski definition) is 15. The lowest BCUT2D eigenvalue weighted by Gasteiger charge is -2.21. The van der Waals surface area contributed by atoms with Crippen LogP contribution in [-0.2, 0) is 53.1 Å². The Morgan fingerprint density at radius 2 is 1.26 bits per heavy atom. The highest BCUT2D eigenvalue weighted by atomic mass is 32.2. The Bertz CT molecular complexity index is 2670. The van der Waals surface area contributed by atoms with Crippen molar-refractivity contribution in [3.05, 3.63) is 80.1 Å². The number of rotatable bonds is 9. The molecule has 0 fully saturated rings. The number of carbonyl (C=O) groups is 2. The number of aliphatic carboxylic acids is 1. The number of carboxylic acids is 1. The summed E-state index contributed by atoms with van der Waals surface area (Å²) in [5.41, 5.74) is 9.33. The van der Waals surface area contributed by atoms with Crippen molar-refractivity contribution in [3.63, 3.8) is 0 Å². The molecule has 296 valence electrons. The van der Waals surface area contributed by atoms with E-state index in [9.17, 15) is 14.7 Å². The number of nitrogens with one attached hydrogen (secondary N) is 2. The van der Waals surface area contributed by atoms with Gasteiger partial charge in [-0.25, -0.2) is 19.9 Å². The number of benzene rings is 2. The molecule has 4 aromatic heterocycles. The Morgan fingerprint density at radius 1 is 0.759 bits per heavy atom. The van der Waals surface area contributed by atoms with Gasteiger partial charge >= 0.3 is 11.9 Å². The molecule has 10 rings (SSSR count). The maximum absolute atomic E-state index is 12.2. The number of carboxylic acid groups (broad SMARTS) is 1. The molecule has 58 heavy (non-hydrogen) atoms. The summed E-state index contributed by atoms with van der Waals surface area (Å²) in [5.74, 6) is 0.461. The minimum absolute atomic E-state index is 0.0611. The molecule has 0 amide bonds. The lowest BCUT2D eigenvalue weighted by molar-refractivity contribution is -0.148. The number of anilines is 4. The van der Waals surface area contributed by atoms with Crippen LogP contribution < -0.4 is 10.6 Å². The standard InChI is InChI=1S/C22H22N4O2S2.C20H18N4O2S2/c1-3-28-22(27)12-4-5-15-17(7-12)30-21-19(15)20(24-11-25-21)26-16-6-13-9-23-10-14(13)8-18(16)29-2;1-27-16-6-12-8-21-7-11(12)4-14(16)24-18-17-13-3-2-10(20(25)26)5-15(13)28-19(17)23-9-22-18/h6,8-9,11-12H,3-5,7,10H2,1-2H3,(H,24,25,26);4,6-7,9-10H,2-3,5,8H2,1H3,(H,25,26)(H,22,23,24)/t12-;10-/m00/s1. The van der Waals surface area contributed by atoms with Crippen LogP contribution in [0.5, 0.6) is 0 Å². The van der Waals surface area contributed by atoms with E-state index in [1.54, 1.807) is 58.9 Å². The van der Waals surface area contributed by atoms with Crippen LogP contribution in [0.2, 0.25) is 0 Å². The summed E-state index contributed by atoms with van der Waals surface area (Å²) in [6.45, 7) is 3.77. The number of aliphatic imine (C=N–C) groups is 2. The van der Waals surface area contributed by atoms with Crippen LogP contribution in [0, 0.1) is 11.8 Å². The summed E-state index contributed by atoms with van der Waals surface area (Å²) in [6, 6.07) is 8.68. The van der Waals surface area contributed by atoms with Crippen molar-refractivity contribution in [1.82, 2.24) is 19.9 Å². The van der Waals surface area contributed by atoms with Gasteiger partial charge in [-0.2, -0.15) is 0 Å². The highest BCUT2D eigenvalue weighted by Gasteiger charge is 2.31. The van der Waals surface area contributed by atoms with Crippen molar-refractivity contribution in [2.45, 2.75) is 68.3 Å². The molecule has 12 nitrogen and oxygen atoms in total. The topological polar surface area (TPSA) is 164 Å². The fourth-order valence-corrected chi connectivity index (χ4v) is 11.9. The first-order chi connectivity index (χ1) is 28.3. The highest BCUT2D eigenvalue weighted by molar-refractivity contribution is 7.99. The number of thioether (sulfide) groups is 2. The molecule has 4 aliphatic rings. The monoisotopic (exact) mass is 848 g/mol. The van der Waals surface area contributed by atoms with Crippen molar-refractivity contribution in [1.29, 1.82) is 0 Å². The SMILES string of the molecule is CCOC(=O)[C@H]1CCc2c(sc3ncnc(Nc4cc5c(cc4SC)CN=C5)c23)C1.CSc1cc2c(cc1Nc1ncnc3sc4c(c13)CC[C@H](C(=O)O)C4)C=NC2. The molecule has 0 saturated heterocycles. The van der Waals surface area contributed by atoms with E-state index in [4.69, 9.17) is 4.74 Å². The second kappa shape index (κ2) is 16.4. The summed E-state index contributed by atoms with van der Waals surface area (Å²) in [7, 11) is 0. The van der Waals surface area contributed by atoms with E-state index >= 15 is 0 Å². The first-order valence-electron chi connectivity index (χ1n) is 19.2. The molecule has 2 atom stereocenters. The number of hydrogen-bond donors (Lipinski definition) is 3. The molecular formula is C42H40N8O4S4. The van der Waals surface area contributed by atoms with Gasteiger partial charge in [-0.3, -0.25) is 19.6 Å². The predicted molar refractivity (Wildman–Crippen MR) is 236 cm³/mol. The van der Waals surface area contributed by atoms with Gasteiger partial charge in [0.25, 0.3) is 0 Å². The zero-order valence-corrected chi connectivity index (χ0v) is 35.4. The van der Waals surface area contributed by atoms with Gasteiger partial charge in [-0.1, -0.05) is 0 Å². The maximum atomic E-state index is 12.2. The Hall–Kier alpha value is -4.90.